The summed E-state index contributed by atoms with van der Waals surface area (Å²) in [6.45, 7) is 0. The topological polar surface area (TPSA) is 83.8 Å². The van der Waals surface area contributed by atoms with Crippen LogP contribution in [0.5, 0.6) is 0 Å². The summed E-state index contributed by atoms with van der Waals surface area (Å²) in [5.41, 5.74) is -0.152. The molecule has 2 amide bonds. The van der Waals surface area contributed by atoms with Crippen molar-refractivity contribution in [3.63, 3.8) is 0 Å². The van der Waals surface area contributed by atoms with E-state index in [4.69, 9.17) is 12.2 Å². The van der Waals surface area contributed by atoms with Crippen molar-refractivity contribution in [3.05, 3.63) is 45.5 Å². The second-order valence-corrected chi connectivity index (χ2v) is 4.75. The van der Waals surface area contributed by atoms with Crippen molar-refractivity contribution in [2.24, 2.45) is 0 Å². The summed E-state index contributed by atoms with van der Waals surface area (Å²) in [7, 11) is 2.89. The zero-order valence-corrected chi connectivity index (χ0v) is 12.1. The van der Waals surface area contributed by atoms with Crippen molar-refractivity contribution in [2.75, 3.05) is 14.1 Å². The molecule has 2 rings (SSSR count). The van der Waals surface area contributed by atoms with Crippen LogP contribution in [0.15, 0.2) is 29.8 Å². The minimum atomic E-state index is -0.582. The minimum absolute atomic E-state index is 0.0877. The number of rotatable bonds is 2. The van der Waals surface area contributed by atoms with Gasteiger partial charge in [0.25, 0.3) is 17.5 Å². The van der Waals surface area contributed by atoms with Gasteiger partial charge in [0.1, 0.15) is 5.57 Å². The highest BCUT2D eigenvalue weighted by Crippen LogP contribution is 2.23. The van der Waals surface area contributed by atoms with E-state index in [-0.39, 0.29) is 21.9 Å². The number of carbonyl (C=O) groups excluding carboxylic acids is 2. The Balaban J connectivity index is 2.54. The molecule has 1 aliphatic heterocycles. The molecule has 21 heavy (non-hydrogen) atoms. The van der Waals surface area contributed by atoms with Gasteiger partial charge < -0.3 is 0 Å². The van der Waals surface area contributed by atoms with Gasteiger partial charge in [0.2, 0.25) is 0 Å². The van der Waals surface area contributed by atoms with Crippen LogP contribution in [-0.2, 0) is 9.59 Å². The van der Waals surface area contributed by atoms with Crippen LogP contribution < -0.4 is 0 Å². The summed E-state index contributed by atoms with van der Waals surface area (Å²) in [5.74, 6) is -1.16. The average molecular weight is 305 g/mol. The van der Waals surface area contributed by atoms with E-state index in [1.165, 1.54) is 38.4 Å². The number of carbonyl (C=O) groups is 2. The first-order chi connectivity index (χ1) is 9.84. The fourth-order valence-corrected chi connectivity index (χ4v) is 2.07. The smallest absolute Gasteiger partial charge is 0.276 e. The van der Waals surface area contributed by atoms with E-state index in [1.807, 2.05) is 0 Å². The van der Waals surface area contributed by atoms with Gasteiger partial charge in [-0.3, -0.25) is 29.5 Å². The molecule has 1 fully saturated rings. The Morgan fingerprint density at radius 3 is 2.19 bits per heavy atom. The number of para-hydroxylation sites is 1. The summed E-state index contributed by atoms with van der Waals surface area (Å²) < 4.78 is 0. The van der Waals surface area contributed by atoms with Crippen molar-refractivity contribution in [3.8, 4) is 0 Å². The predicted octanol–water partition coefficient (Wildman–Crippen LogP) is 1.19. The second kappa shape index (κ2) is 5.41. The fraction of sp³-hybridized carbons (Fsp3) is 0.154. The van der Waals surface area contributed by atoms with Crippen molar-refractivity contribution >= 4 is 40.9 Å². The van der Waals surface area contributed by atoms with Crippen molar-refractivity contribution in [2.45, 2.75) is 0 Å². The Morgan fingerprint density at radius 1 is 1.14 bits per heavy atom. The van der Waals surface area contributed by atoms with E-state index < -0.39 is 16.7 Å². The molecule has 1 aliphatic rings. The number of amides is 2. The first-order valence-electron chi connectivity index (χ1n) is 5.89. The van der Waals surface area contributed by atoms with Crippen molar-refractivity contribution in [1.82, 2.24) is 9.80 Å². The number of benzene rings is 1. The molecule has 1 saturated heterocycles. The monoisotopic (exact) mass is 305 g/mol. The van der Waals surface area contributed by atoms with Gasteiger partial charge in [-0.2, -0.15) is 0 Å². The highest BCUT2D eigenvalue weighted by atomic mass is 32.1. The van der Waals surface area contributed by atoms with E-state index in [1.54, 1.807) is 6.07 Å². The second-order valence-electron chi connectivity index (χ2n) is 4.38. The normalized spacial score (nSPS) is 15.5. The Bertz CT molecular complexity index is 672. The lowest BCUT2D eigenvalue weighted by atomic mass is 10.1. The van der Waals surface area contributed by atoms with Crippen LogP contribution in [0.2, 0.25) is 0 Å². The largest absolute Gasteiger partial charge is 0.288 e. The zero-order chi connectivity index (χ0) is 15.7. The van der Waals surface area contributed by atoms with Crippen LogP contribution in [0.1, 0.15) is 5.56 Å². The number of nitrogens with zero attached hydrogens (tertiary/aromatic N) is 3. The minimum Gasteiger partial charge on any atom is -0.288 e. The molecule has 0 atom stereocenters. The number of hydrogen-bond acceptors (Lipinski definition) is 5. The van der Waals surface area contributed by atoms with Crippen molar-refractivity contribution < 1.29 is 14.5 Å². The molecule has 0 spiro atoms. The molecule has 108 valence electrons. The Kier molecular flexibility index (Phi) is 3.81. The summed E-state index contributed by atoms with van der Waals surface area (Å²) in [4.78, 5) is 37.0. The highest BCUT2D eigenvalue weighted by molar-refractivity contribution is 7.80. The summed E-state index contributed by atoms with van der Waals surface area (Å²) >= 11 is 4.96. The maximum atomic E-state index is 12.1. The molecule has 0 aromatic heterocycles. The van der Waals surface area contributed by atoms with E-state index in [9.17, 15) is 19.7 Å². The zero-order valence-electron chi connectivity index (χ0n) is 11.3. The molecule has 1 heterocycles. The Hall–Kier alpha value is -2.61. The van der Waals surface area contributed by atoms with Gasteiger partial charge in [0.15, 0.2) is 5.11 Å². The van der Waals surface area contributed by atoms with Gasteiger partial charge in [0.05, 0.1) is 10.5 Å². The van der Waals surface area contributed by atoms with E-state index in [2.05, 4.69) is 0 Å². The number of nitro groups is 1. The van der Waals surface area contributed by atoms with E-state index in [0.29, 0.717) is 0 Å². The highest BCUT2D eigenvalue weighted by Gasteiger charge is 2.35. The van der Waals surface area contributed by atoms with Crippen LogP contribution in [-0.4, -0.2) is 45.7 Å². The molecule has 0 saturated carbocycles. The molecule has 0 radical (unpaired) electrons. The maximum absolute atomic E-state index is 12.1. The third kappa shape index (κ3) is 2.52. The van der Waals surface area contributed by atoms with Gasteiger partial charge in [-0.15, -0.1) is 0 Å². The van der Waals surface area contributed by atoms with Gasteiger partial charge in [-0.05, 0) is 24.4 Å². The molecule has 0 bridgehead atoms. The standard InChI is InChI=1S/C13H11N3O4S/c1-14-11(17)9(12(18)15(2)13(14)21)7-8-5-3-4-6-10(8)16(19)20/h3-7H,1-2H3. The van der Waals surface area contributed by atoms with Crippen LogP contribution >= 0.6 is 12.2 Å². The van der Waals surface area contributed by atoms with Crippen LogP contribution in [0.4, 0.5) is 5.69 Å². The molecule has 8 heteroatoms. The molecular formula is C13H11N3O4S. The SMILES string of the molecule is CN1C(=O)C(=Cc2ccccc2[N+](=O)[O-])C(=O)N(C)C1=S. The lowest BCUT2D eigenvalue weighted by Gasteiger charge is -2.31. The average Bonchev–Trinajstić information content (AvgIpc) is 2.48. The molecular weight excluding hydrogens is 294 g/mol. The lowest BCUT2D eigenvalue weighted by molar-refractivity contribution is -0.385. The third-order valence-electron chi connectivity index (χ3n) is 3.08. The molecule has 0 aliphatic carbocycles. The van der Waals surface area contributed by atoms with Gasteiger partial charge in [0, 0.05) is 20.2 Å². The summed E-state index contributed by atoms with van der Waals surface area (Å²) in [6.07, 6.45) is 1.22. The molecule has 1 aromatic carbocycles. The Labute approximate surface area is 125 Å². The molecule has 7 nitrogen and oxygen atoms in total. The fourth-order valence-electron chi connectivity index (χ4n) is 1.91. The molecule has 0 unspecified atom stereocenters. The third-order valence-corrected chi connectivity index (χ3v) is 3.62. The Morgan fingerprint density at radius 2 is 1.67 bits per heavy atom. The number of likely N-dealkylation sites (N-methyl/N-ethyl adjacent to an activating group) is 2. The van der Waals surface area contributed by atoms with Crippen LogP contribution in [0, 0.1) is 10.1 Å². The number of hydrogen-bond donors (Lipinski definition) is 0. The summed E-state index contributed by atoms with van der Waals surface area (Å²) in [5, 5.41) is 11.1. The van der Waals surface area contributed by atoms with Crippen LogP contribution in [0.25, 0.3) is 6.08 Å². The maximum Gasteiger partial charge on any atom is 0.276 e. The molecule has 1 aromatic rings. The van der Waals surface area contributed by atoms with Crippen LogP contribution in [0.3, 0.4) is 0 Å². The molecule has 0 N–H and O–H groups in total. The first kappa shape index (κ1) is 14.8. The predicted molar refractivity (Wildman–Crippen MR) is 79.2 cm³/mol. The van der Waals surface area contributed by atoms with E-state index >= 15 is 0 Å². The summed E-state index contributed by atoms with van der Waals surface area (Å²) in [6, 6.07) is 5.88. The van der Waals surface area contributed by atoms with Crippen molar-refractivity contribution in [1.29, 1.82) is 0 Å². The number of nitro benzene ring substituents is 1. The van der Waals surface area contributed by atoms with E-state index in [0.717, 1.165) is 9.80 Å². The van der Waals surface area contributed by atoms with Gasteiger partial charge >= 0.3 is 0 Å². The first-order valence-corrected chi connectivity index (χ1v) is 6.30. The van der Waals surface area contributed by atoms with Gasteiger partial charge in [-0.1, -0.05) is 12.1 Å². The quantitative estimate of drug-likeness (QED) is 0.269. The number of thiocarbonyl (C=S) groups is 1. The van der Waals surface area contributed by atoms with Gasteiger partial charge in [-0.25, -0.2) is 0 Å². The lowest BCUT2D eigenvalue weighted by Crippen LogP contribution is -2.52.